The highest BCUT2D eigenvalue weighted by Crippen LogP contribution is 2.09. The number of halogens is 1. The maximum absolute atomic E-state index is 13.0. The molecule has 1 amide bonds. The summed E-state index contributed by atoms with van der Waals surface area (Å²) in [6, 6.07) is 4.38. The maximum atomic E-state index is 13.0. The zero-order valence-corrected chi connectivity index (χ0v) is 9.59. The van der Waals surface area contributed by atoms with E-state index in [-0.39, 0.29) is 17.8 Å². The topological polar surface area (TPSA) is 29.1 Å². The number of hydrogen-bond donors (Lipinski definition) is 1. The summed E-state index contributed by atoms with van der Waals surface area (Å²) in [5.41, 5.74) is 0.957. The van der Waals surface area contributed by atoms with Gasteiger partial charge in [0.2, 0.25) is 0 Å². The van der Waals surface area contributed by atoms with Crippen molar-refractivity contribution in [3.63, 3.8) is 0 Å². The molecule has 16 heavy (non-hydrogen) atoms. The van der Waals surface area contributed by atoms with E-state index in [1.165, 1.54) is 12.1 Å². The molecular formula is C13H16FNO. The van der Waals surface area contributed by atoms with Crippen LogP contribution in [-0.4, -0.2) is 11.9 Å². The van der Waals surface area contributed by atoms with Crippen LogP contribution < -0.4 is 5.32 Å². The van der Waals surface area contributed by atoms with E-state index in [1.807, 2.05) is 6.92 Å². The molecule has 1 aromatic rings. The van der Waals surface area contributed by atoms with E-state index >= 15 is 0 Å². The Balaban J connectivity index is 2.73. The van der Waals surface area contributed by atoms with Crippen LogP contribution in [-0.2, 0) is 0 Å². The van der Waals surface area contributed by atoms with Crippen LogP contribution in [0.3, 0.4) is 0 Å². The van der Waals surface area contributed by atoms with Gasteiger partial charge in [-0.25, -0.2) is 4.39 Å². The van der Waals surface area contributed by atoms with Crippen LogP contribution in [0, 0.1) is 12.7 Å². The minimum Gasteiger partial charge on any atom is -0.349 e. The molecule has 0 bridgehead atoms. The van der Waals surface area contributed by atoms with Crippen molar-refractivity contribution < 1.29 is 9.18 Å². The van der Waals surface area contributed by atoms with Crippen molar-refractivity contribution in [3.05, 3.63) is 47.8 Å². The van der Waals surface area contributed by atoms with Gasteiger partial charge < -0.3 is 5.32 Å². The molecule has 86 valence electrons. The third-order valence-electron chi connectivity index (χ3n) is 2.32. The molecule has 1 N–H and O–H groups in total. The quantitative estimate of drug-likeness (QED) is 0.778. The van der Waals surface area contributed by atoms with Crippen LogP contribution in [0.15, 0.2) is 30.9 Å². The fraction of sp³-hybridized carbons (Fsp3) is 0.308. The summed E-state index contributed by atoms with van der Waals surface area (Å²) in [6.45, 7) is 7.14. The first kappa shape index (κ1) is 12.4. The average molecular weight is 221 g/mol. The van der Waals surface area contributed by atoms with E-state index in [4.69, 9.17) is 0 Å². The average Bonchev–Trinajstić information content (AvgIpc) is 2.22. The van der Waals surface area contributed by atoms with E-state index in [1.54, 1.807) is 19.1 Å². The zero-order valence-electron chi connectivity index (χ0n) is 9.59. The van der Waals surface area contributed by atoms with Gasteiger partial charge in [-0.15, -0.1) is 6.58 Å². The summed E-state index contributed by atoms with van der Waals surface area (Å²) in [5.74, 6) is -0.479. The number of carbonyl (C=O) groups excluding carboxylic acids is 1. The fourth-order valence-electron chi connectivity index (χ4n) is 1.40. The lowest BCUT2D eigenvalue weighted by Gasteiger charge is -2.12. The van der Waals surface area contributed by atoms with Gasteiger partial charge >= 0.3 is 0 Å². The summed E-state index contributed by atoms with van der Waals surface area (Å²) >= 11 is 0. The molecular weight excluding hydrogens is 205 g/mol. The van der Waals surface area contributed by atoms with E-state index in [9.17, 15) is 9.18 Å². The van der Waals surface area contributed by atoms with E-state index in [0.717, 1.165) is 0 Å². The Bertz CT molecular complexity index is 401. The maximum Gasteiger partial charge on any atom is 0.251 e. The van der Waals surface area contributed by atoms with Crippen molar-refractivity contribution in [2.24, 2.45) is 0 Å². The summed E-state index contributed by atoms with van der Waals surface area (Å²) < 4.78 is 13.0. The largest absolute Gasteiger partial charge is 0.349 e. The Hall–Kier alpha value is -1.64. The van der Waals surface area contributed by atoms with Gasteiger partial charge in [0.25, 0.3) is 5.91 Å². The predicted molar refractivity (Wildman–Crippen MR) is 62.9 cm³/mol. The minimum atomic E-state index is -0.296. The number of amides is 1. The smallest absolute Gasteiger partial charge is 0.251 e. The van der Waals surface area contributed by atoms with Gasteiger partial charge in [-0.2, -0.15) is 0 Å². The molecule has 1 atom stereocenters. The number of aryl methyl sites for hydroxylation is 1. The zero-order chi connectivity index (χ0) is 12.1. The van der Waals surface area contributed by atoms with Gasteiger partial charge in [-0.05, 0) is 44.0 Å². The molecule has 0 aliphatic heterocycles. The van der Waals surface area contributed by atoms with Crippen molar-refractivity contribution in [2.45, 2.75) is 26.3 Å². The van der Waals surface area contributed by atoms with E-state index in [2.05, 4.69) is 11.9 Å². The van der Waals surface area contributed by atoms with Crippen LogP contribution >= 0.6 is 0 Å². The lowest BCUT2D eigenvalue weighted by molar-refractivity contribution is 0.0940. The number of carbonyl (C=O) groups is 1. The summed E-state index contributed by atoms with van der Waals surface area (Å²) in [6.07, 6.45) is 2.47. The van der Waals surface area contributed by atoms with Crippen LogP contribution in [0.25, 0.3) is 0 Å². The summed E-state index contributed by atoms with van der Waals surface area (Å²) in [7, 11) is 0. The molecule has 1 unspecified atom stereocenters. The minimum absolute atomic E-state index is 0.0374. The number of nitrogens with one attached hydrogen (secondary N) is 1. The molecule has 0 saturated carbocycles. The lowest BCUT2D eigenvalue weighted by Crippen LogP contribution is -2.32. The number of hydrogen-bond acceptors (Lipinski definition) is 1. The summed E-state index contributed by atoms with van der Waals surface area (Å²) in [5, 5.41) is 2.81. The SMILES string of the molecule is C=CCC(C)NC(=O)c1ccc(F)c(C)c1. The molecule has 0 aliphatic carbocycles. The van der Waals surface area contributed by atoms with Crippen LogP contribution in [0.2, 0.25) is 0 Å². The first-order valence-corrected chi connectivity index (χ1v) is 5.22. The first-order chi connectivity index (χ1) is 7.54. The van der Waals surface area contributed by atoms with Crippen LogP contribution in [0.5, 0.6) is 0 Å². The molecule has 0 fully saturated rings. The van der Waals surface area contributed by atoms with Crippen molar-refractivity contribution in [3.8, 4) is 0 Å². The fourth-order valence-corrected chi connectivity index (χ4v) is 1.40. The predicted octanol–water partition coefficient (Wildman–Crippen LogP) is 2.83. The first-order valence-electron chi connectivity index (χ1n) is 5.22. The molecule has 0 saturated heterocycles. The molecule has 3 heteroatoms. The highest BCUT2D eigenvalue weighted by atomic mass is 19.1. The highest BCUT2D eigenvalue weighted by molar-refractivity contribution is 5.94. The van der Waals surface area contributed by atoms with Gasteiger partial charge in [-0.1, -0.05) is 6.08 Å². The molecule has 2 nitrogen and oxygen atoms in total. The molecule has 1 aromatic carbocycles. The third-order valence-corrected chi connectivity index (χ3v) is 2.32. The summed E-state index contributed by atoms with van der Waals surface area (Å²) in [4.78, 5) is 11.7. The van der Waals surface area contributed by atoms with Gasteiger partial charge in [0.05, 0.1) is 0 Å². The van der Waals surface area contributed by atoms with Crippen LogP contribution in [0.4, 0.5) is 4.39 Å². The second-order valence-electron chi connectivity index (χ2n) is 3.86. The molecule has 0 radical (unpaired) electrons. The van der Waals surface area contributed by atoms with E-state index < -0.39 is 0 Å². The monoisotopic (exact) mass is 221 g/mol. The molecule has 0 heterocycles. The normalized spacial score (nSPS) is 11.9. The second-order valence-corrected chi connectivity index (χ2v) is 3.86. The van der Waals surface area contributed by atoms with Crippen molar-refractivity contribution in [1.29, 1.82) is 0 Å². The Morgan fingerprint density at radius 3 is 2.88 bits per heavy atom. The molecule has 0 aliphatic rings. The molecule has 0 spiro atoms. The van der Waals surface area contributed by atoms with Crippen molar-refractivity contribution in [1.82, 2.24) is 5.32 Å². The third kappa shape index (κ3) is 3.19. The number of rotatable bonds is 4. The Morgan fingerprint density at radius 2 is 2.31 bits per heavy atom. The van der Waals surface area contributed by atoms with Gasteiger partial charge in [0.15, 0.2) is 0 Å². The standard InChI is InChI=1S/C13H16FNO/c1-4-5-10(3)15-13(16)11-6-7-12(14)9(2)8-11/h4,6-8,10H,1,5H2,2-3H3,(H,15,16). The lowest BCUT2D eigenvalue weighted by atomic mass is 10.1. The Labute approximate surface area is 95.2 Å². The van der Waals surface area contributed by atoms with Gasteiger partial charge in [0.1, 0.15) is 5.82 Å². The van der Waals surface area contributed by atoms with Gasteiger partial charge in [-0.3, -0.25) is 4.79 Å². The molecule has 0 aromatic heterocycles. The van der Waals surface area contributed by atoms with Crippen LogP contribution in [0.1, 0.15) is 29.3 Å². The molecule has 1 rings (SSSR count). The Kier molecular flexibility index (Phi) is 4.23. The van der Waals surface area contributed by atoms with Gasteiger partial charge in [0, 0.05) is 11.6 Å². The highest BCUT2D eigenvalue weighted by Gasteiger charge is 2.09. The Morgan fingerprint density at radius 1 is 1.62 bits per heavy atom. The number of benzene rings is 1. The second kappa shape index (κ2) is 5.45. The van der Waals surface area contributed by atoms with Crippen molar-refractivity contribution >= 4 is 5.91 Å². The van der Waals surface area contributed by atoms with E-state index in [0.29, 0.717) is 17.5 Å². The van der Waals surface area contributed by atoms with Crippen molar-refractivity contribution in [2.75, 3.05) is 0 Å².